The minimum atomic E-state index is -1.67. The molecule has 37 heavy (non-hydrogen) atoms. The zero-order chi connectivity index (χ0) is 28.8. The number of carbonyl (C=O) groups is 3. The van der Waals surface area contributed by atoms with E-state index in [0.717, 1.165) is 0 Å². The maximum atomic E-state index is 13.0. The van der Waals surface area contributed by atoms with Crippen molar-refractivity contribution in [2.45, 2.75) is 86.5 Å². The minimum Gasteiger partial charge on any atom is -0.480 e. The van der Waals surface area contributed by atoms with E-state index < -0.39 is 35.4 Å². The lowest BCUT2D eigenvalue weighted by atomic mass is 10.2. The largest absolute Gasteiger partial charge is 0.480 e. The number of carbonyl (C=O) groups excluding carboxylic acids is 2. The van der Waals surface area contributed by atoms with E-state index in [9.17, 15) is 19.5 Å². The molecule has 2 rings (SSSR count). The van der Waals surface area contributed by atoms with Gasteiger partial charge in [0.15, 0.2) is 6.04 Å². The van der Waals surface area contributed by atoms with E-state index in [2.05, 4.69) is 9.97 Å². The van der Waals surface area contributed by atoms with Gasteiger partial charge in [0, 0.05) is 18.1 Å². The highest BCUT2D eigenvalue weighted by Gasteiger charge is 2.41. The molecular weight excluding hydrogens is 476 g/mol. The standard InChI is InChI=1S/C23H30N4O6.2C2H6/c1-22(2,3)32-20(30)27(21(31)33-23(4,5)6)17(18(28)29)15-26(16-11-8-7-9-12-16)19-24-13-10-14-25-19;2*1-2/h7-14,17H,15H2,1-6H3,(H,28,29);2*1-2H3. The van der Waals surface area contributed by atoms with Crippen molar-refractivity contribution in [2.24, 2.45) is 0 Å². The van der Waals surface area contributed by atoms with Gasteiger partial charge in [0.05, 0.1) is 6.54 Å². The fourth-order valence-corrected chi connectivity index (χ4v) is 2.74. The molecule has 1 atom stereocenters. The maximum Gasteiger partial charge on any atom is 0.420 e. The number of ether oxygens (including phenoxy) is 2. The number of carboxylic acids is 1. The highest BCUT2D eigenvalue weighted by molar-refractivity contribution is 5.94. The molecule has 0 radical (unpaired) electrons. The molecule has 1 unspecified atom stereocenters. The second kappa shape index (κ2) is 15.4. The Kier molecular flexibility index (Phi) is 13.9. The highest BCUT2D eigenvalue weighted by atomic mass is 16.6. The number of para-hydroxylation sites is 1. The lowest BCUT2D eigenvalue weighted by molar-refractivity contribution is -0.142. The smallest absolute Gasteiger partial charge is 0.420 e. The lowest BCUT2D eigenvalue weighted by Crippen LogP contribution is -2.55. The van der Waals surface area contributed by atoms with Crippen molar-refractivity contribution in [1.29, 1.82) is 0 Å². The Morgan fingerprint density at radius 2 is 1.24 bits per heavy atom. The number of imide groups is 1. The first-order valence-corrected chi connectivity index (χ1v) is 12.4. The zero-order valence-electron chi connectivity index (χ0n) is 23.7. The van der Waals surface area contributed by atoms with Crippen LogP contribution in [0.2, 0.25) is 0 Å². The van der Waals surface area contributed by atoms with Crippen LogP contribution in [-0.2, 0) is 14.3 Å². The molecule has 1 aromatic carbocycles. The van der Waals surface area contributed by atoms with E-state index in [-0.39, 0.29) is 12.5 Å². The predicted octanol–water partition coefficient (Wildman–Crippen LogP) is 6.29. The topological polar surface area (TPSA) is 122 Å². The van der Waals surface area contributed by atoms with Gasteiger partial charge < -0.3 is 19.5 Å². The summed E-state index contributed by atoms with van der Waals surface area (Å²) >= 11 is 0. The number of hydrogen-bond donors (Lipinski definition) is 1. The molecule has 1 heterocycles. The van der Waals surface area contributed by atoms with Crippen LogP contribution in [0.15, 0.2) is 48.8 Å². The van der Waals surface area contributed by atoms with Crippen molar-refractivity contribution >= 4 is 29.8 Å². The molecule has 0 aliphatic rings. The Labute approximate surface area is 220 Å². The van der Waals surface area contributed by atoms with Crippen LogP contribution < -0.4 is 4.90 Å². The Morgan fingerprint density at radius 3 is 1.62 bits per heavy atom. The van der Waals surface area contributed by atoms with Crippen LogP contribution in [0.25, 0.3) is 0 Å². The van der Waals surface area contributed by atoms with Crippen molar-refractivity contribution in [1.82, 2.24) is 14.9 Å². The summed E-state index contributed by atoms with van der Waals surface area (Å²) < 4.78 is 10.7. The fourth-order valence-electron chi connectivity index (χ4n) is 2.74. The van der Waals surface area contributed by atoms with Crippen LogP contribution in [0.4, 0.5) is 21.2 Å². The lowest BCUT2D eigenvalue weighted by Gasteiger charge is -2.34. The van der Waals surface area contributed by atoms with E-state index in [1.807, 2.05) is 27.7 Å². The number of benzene rings is 1. The van der Waals surface area contributed by atoms with E-state index in [0.29, 0.717) is 10.6 Å². The number of aliphatic carboxylic acids is 1. The van der Waals surface area contributed by atoms with Gasteiger partial charge in [-0.1, -0.05) is 45.9 Å². The third-order valence-corrected chi connectivity index (χ3v) is 3.99. The number of aromatic nitrogens is 2. The number of amides is 2. The number of anilines is 2. The Morgan fingerprint density at radius 1 is 0.811 bits per heavy atom. The quantitative estimate of drug-likeness (QED) is 0.470. The van der Waals surface area contributed by atoms with E-state index in [1.165, 1.54) is 17.3 Å². The van der Waals surface area contributed by atoms with Crippen molar-refractivity contribution < 1.29 is 29.0 Å². The summed E-state index contributed by atoms with van der Waals surface area (Å²) in [6, 6.07) is 8.76. The molecule has 0 saturated carbocycles. The summed E-state index contributed by atoms with van der Waals surface area (Å²) in [7, 11) is 0. The van der Waals surface area contributed by atoms with Crippen LogP contribution >= 0.6 is 0 Å². The van der Waals surface area contributed by atoms with Gasteiger partial charge in [-0.15, -0.1) is 0 Å². The summed E-state index contributed by atoms with van der Waals surface area (Å²) in [6.45, 7) is 17.3. The number of hydrogen-bond acceptors (Lipinski definition) is 8. The van der Waals surface area contributed by atoms with Gasteiger partial charge in [0.2, 0.25) is 5.95 Å². The summed E-state index contributed by atoms with van der Waals surface area (Å²) in [4.78, 5) is 48.7. The van der Waals surface area contributed by atoms with E-state index in [1.54, 1.807) is 77.9 Å². The van der Waals surface area contributed by atoms with Gasteiger partial charge in [-0.3, -0.25) is 0 Å². The van der Waals surface area contributed by atoms with Crippen molar-refractivity contribution in [2.75, 3.05) is 11.4 Å². The SMILES string of the molecule is CC.CC.CC(C)(C)OC(=O)N(C(=O)OC(C)(C)C)C(CN(c1ccccc1)c1ncccn1)C(=O)O. The molecule has 10 nitrogen and oxygen atoms in total. The second-order valence-corrected chi connectivity index (χ2v) is 9.18. The third-order valence-electron chi connectivity index (χ3n) is 3.99. The number of nitrogens with zero attached hydrogens (tertiary/aromatic N) is 4. The van der Waals surface area contributed by atoms with Gasteiger partial charge in [-0.05, 0) is 59.7 Å². The van der Waals surface area contributed by atoms with Crippen LogP contribution in [0.1, 0.15) is 69.2 Å². The fraction of sp³-hybridized carbons (Fsp3) is 0.519. The normalized spacial score (nSPS) is 11.4. The first kappa shape index (κ1) is 33.3. The van der Waals surface area contributed by atoms with Gasteiger partial charge in [-0.25, -0.2) is 24.4 Å². The molecule has 1 N–H and O–H groups in total. The molecule has 2 amide bonds. The summed E-state index contributed by atoms with van der Waals surface area (Å²) in [5.41, 5.74) is -1.37. The summed E-state index contributed by atoms with van der Waals surface area (Å²) in [5, 5.41) is 10.1. The first-order valence-electron chi connectivity index (χ1n) is 12.4. The maximum absolute atomic E-state index is 13.0. The third kappa shape index (κ3) is 11.7. The minimum absolute atomic E-state index is 0.197. The molecule has 10 heteroatoms. The van der Waals surface area contributed by atoms with Gasteiger partial charge >= 0.3 is 18.2 Å². The summed E-state index contributed by atoms with van der Waals surface area (Å²) in [5.74, 6) is -1.23. The molecule has 0 aliphatic carbocycles. The zero-order valence-corrected chi connectivity index (χ0v) is 23.7. The molecular formula is C27H42N4O6. The molecule has 1 aromatic heterocycles. The predicted molar refractivity (Wildman–Crippen MR) is 144 cm³/mol. The first-order chi connectivity index (χ1) is 17.3. The molecule has 206 valence electrons. The van der Waals surface area contributed by atoms with Gasteiger partial charge in [-0.2, -0.15) is 4.90 Å². The number of rotatable bonds is 6. The Balaban J connectivity index is 0.00000308. The molecule has 2 aromatic rings. The van der Waals surface area contributed by atoms with Crippen molar-refractivity contribution in [3.8, 4) is 0 Å². The van der Waals surface area contributed by atoms with Crippen LogP contribution in [0, 0.1) is 0 Å². The Hall–Kier alpha value is -3.69. The summed E-state index contributed by atoms with van der Waals surface area (Å²) in [6.07, 6.45) is 0.749. The van der Waals surface area contributed by atoms with Gasteiger partial charge in [0.1, 0.15) is 11.2 Å². The van der Waals surface area contributed by atoms with Crippen LogP contribution in [-0.4, -0.2) is 61.9 Å². The Bertz CT molecular complexity index is 889. The monoisotopic (exact) mass is 518 g/mol. The van der Waals surface area contributed by atoms with Gasteiger partial charge in [0.25, 0.3) is 0 Å². The molecule has 0 spiro atoms. The van der Waals surface area contributed by atoms with Crippen LogP contribution in [0.5, 0.6) is 0 Å². The number of carboxylic acid groups (broad SMARTS) is 1. The highest BCUT2D eigenvalue weighted by Crippen LogP contribution is 2.24. The molecule has 0 saturated heterocycles. The van der Waals surface area contributed by atoms with E-state index >= 15 is 0 Å². The molecule has 0 fully saturated rings. The average molecular weight is 519 g/mol. The van der Waals surface area contributed by atoms with Crippen molar-refractivity contribution in [3.63, 3.8) is 0 Å². The van der Waals surface area contributed by atoms with Crippen LogP contribution in [0.3, 0.4) is 0 Å². The van der Waals surface area contributed by atoms with E-state index in [4.69, 9.17) is 9.47 Å². The molecule has 0 aliphatic heterocycles. The average Bonchev–Trinajstić information content (AvgIpc) is 2.82. The van der Waals surface area contributed by atoms with Crippen molar-refractivity contribution in [3.05, 3.63) is 48.8 Å². The molecule has 0 bridgehead atoms. The second-order valence-electron chi connectivity index (χ2n) is 9.18.